The van der Waals surface area contributed by atoms with E-state index in [1.54, 1.807) is 0 Å². The predicted octanol–water partition coefficient (Wildman–Crippen LogP) is 2.63. The van der Waals surface area contributed by atoms with Crippen LogP contribution in [-0.4, -0.2) is 11.9 Å². The fourth-order valence-corrected chi connectivity index (χ4v) is 2.00. The van der Waals surface area contributed by atoms with E-state index in [4.69, 9.17) is 5.73 Å². The van der Waals surface area contributed by atoms with Crippen molar-refractivity contribution in [2.24, 2.45) is 11.7 Å². The van der Waals surface area contributed by atoms with Gasteiger partial charge in [-0.25, -0.2) is 0 Å². The van der Waals surface area contributed by atoms with Crippen molar-refractivity contribution >= 4 is 5.91 Å². The van der Waals surface area contributed by atoms with E-state index in [9.17, 15) is 4.79 Å². The molecule has 100 valence electrons. The van der Waals surface area contributed by atoms with Crippen LogP contribution in [0.3, 0.4) is 0 Å². The maximum Gasteiger partial charge on any atom is 0.237 e. The average Bonchev–Trinajstić information content (AvgIpc) is 2.35. The van der Waals surface area contributed by atoms with Crippen molar-refractivity contribution in [1.82, 2.24) is 5.32 Å². The second-order valence-corrected chi connectivity index (χ2v) is 5.12. The number of hydrogen-bond donors (Lipinski definition) is 2. The highest BCUT2D eigenvalue weighted by atomic mass is 16.2. The molecule has 1 aromatic rings. The second-order valence-electron chi connectivity index (χ2n) is 5.12. The second kappa shape index (κ2) is 7.17. The molecule has 0 bridgehead atoms. The lowest BCUT2D eigenvalue weighted by Crippen LogP contribution is -2.42. The summed E-state index contributed by atoms with van der Waals surface area (Å²) in [4.78, 5) is 12.0. The zero-order valence-corrected chi connectivity index (χ0v) is 11.5. The van der Waals surface area contributed by atoms with E-state index in [1.165, 1.54) is 0 Å². The van der Waals surface area contributed by atoms with Crippen molar-refractivity contribution in [3.63, 3.8) is 0 Å². The SMILES string of the molecule is CC[C@@H](NC(=O)C(N)CC(C)C)c1ccccc1. The minimum Gasteiger partial charge on any atom is -0.348 e. The zero-order valence-electron chi connectivity index (χ0n) is 11.5. The van der Waals surface area contributed by atoms with Gasteiger partial charge in [0.25, 0.3) is 0 Å². The van der Waals surface area contributed by atoms with Crippen molar-refractivity contribution in [3.8, 4) is 0 Å². The summed E-state index contributed by atoms with van der Waals surface area (Å²) >= 11 is 0. The van der Waals surface area contributed by atoms with E-state index in [0.29, 0.717) is 5.92 Å². The molecular weight excluding hydrogens is 224 g/mol. The van der Waals surface area contributed by atoms with Crippen LogP contribution in [0, 0.1) is 5.92 Å². The third kappa shape index (κ3) is 4.49. The summed E-state index contributed by atoms with van der Waals surface area (Å²) in [6.45, 7) is 6.20. The Bertz CT molecular complexity index is 362. The number of carbonyl (C=O) groups excluding carboxylic acids is 1. The molecule has 3 heteroatoms. The number of amides is 1. The van der Waals surface area contributed by atoms with Gasteiger partial charge in [-0.3, -0.25) is 4.79 Å². The molecule has 1 rings (SSSR count). The number of nitrogens with two attached hydrogens (primary N) is 1. The third-order valence-corrected chi connectivity index (χ3v) is 2.99. The van der Waals surface area contributed by atoms with Gasteiger partial charge in [-0.05, 0) is 24.3 Å². The van der Waals surface area contributed by atoms with Crippen LogP contribution in [-0.2, 0) is 4.79 Å². The Morgan fingerprint density at radius 3 is 2.39 bits per heavy atom. The molecule has 0 saturated carbocycles. The van der Waals surface area contributed by atoms with Gasteiger partial charge >= 0.3 is 0 Å². The third-order valence-electron chi connectivity index (χ3n) is 2.99. The lowest BCUT2D eigenvalue weighted by atomic mass is 10.0. The fourth-order valence-electron chi connectivity index (χ4n) is 2.00. The van der Waals surface area contributed by atoms with Crippen molar-refractivity contribution < 1.29 is 4.79 Å². The molecule has 0 spiro atoms. The van der Waals surface area contributed by atoms with Crippen LogP contribution in [0.4, 0.5) is 0 Å². The number of nitrogens with one attached hydrogen (secondary N) is 1. The van der Waals surface area contributed by atoms with Crippen LogP contribution < -0.4 is 11.1 Å². The van der Waals surface area contributed by atoms with Crippen LogP contribution in [0.15, 0.2) is 30.3 Å². The smallest absolute Gasteiger partial charge is 0.237 e. The molecule has 0 fully saturated rings. The Balaban J connectivity index is 2.61. The highest BCUT2D eigenvalue weighted by Gasteiger charge is 2.18. The van der Waals surface area contributed by atoms with Gasteiger partial charge in [-0.1, -0.05) is 51.1 Å². The van der Waals surface area contributed by atoms with Crippen molar-refractivity contribution in [2.75, 3.05) is 0 Å². The van der Waals surface area contributed by atoms with E-state index in [-0.39, 0.29) is 11.9 Å². The van der Waals surface area contributed by atoms with Gasteiger partial charge in [0.2, 0.25) is 5.91 Å². The van der Waals surface area contributed by atoms with Gasteiger partial charge < -0.3 is 11.1 Å². The lowest BCUT2D eigenvalue weighted by Gasteiger charge is -2.21. The molecule has 0 aromatic heterocycles. The Morgan fingerprint density at radius 1 is 1.28 bits per heavy atom. The van der Waals surface area contributed by atoms with E-state index >= 15 is 0 Å². The lowest BCUT2D eigenvalue weighted by molar-refractivity contribution is -0.123. The summed E-state index contributed by atoms with van der Waals surface area (Å²) in [7, 11) is 0. The molecule has 0 radical (unpaired) electrons. The van der Waals surface area contributed by atoms with Crippen LogP contribution in [0.1, 0.15) is 45.2 Å². The van der Waals surface area contributed by atoms with Crippen molar-refractivity contribution in [1.29, 1.82) is 0 Å². The van der Waals surface area contributed by atoms with Crippen LogP contribution in [0.5, 0.6) is 0 Å². The molecule has 3 nitrogen and oxygen atoms in total. The van der Waals surface area contributed by atoms with Gasteiger partial charge in [0, 0.05) is 0 Å². The molecule has 0 saturated heterocycles. The molecule has 0 aliphatic rings. The molecule has 1 unspecified atom stereocenters. The average molecular weight is 248 g/mol. The monoisotopic (exact) mass is 248 g/mol. The molecule has 1 amide bonds. The Labute approximate surface area is 110 Å². The Kier molecular flexibility index (Phi) is 5.86. The van der Waals surface area contributed by atoms with Gasteiger partial charge in [0.15, 0.2) is 0 Å². The summed E-state index contributed by atoms with van der Waals surface area (Å²) < 4.78 is 0. The summed E-state index contributed by atoms with van der Waals surface area (Å²) in [5.41, 5.74) is 7.02. The zero-order chi connectivity index (χ0) is 13.5. The van der Waals surface area contributed by atoms with Crippen molar-refractivity contribution in [2.45, 2.75) is 45.7 Å². The Hall–Kier alpha value is -1.35. The number of hydrogen-bond acceptors (Lipinski definition) is 2. The van der Waals surface area contributed by atoms with E-state index in [2.05, 4.69) is 26.1 Å². The van der Waals surface area contributed by atoms with Crippen molar-refractivity contribution in [3.05, 3.63) is 35.9 Å². The molecule has 0 aliphatic carbocycles. The summed E-state index contributed by atoms with van der Waals surface area (Å²) in [6.07, 6.45) is 1.58. The Morgan fingerprint density at radius 2 is 1.89 bits per heavy atom. The van der Waals surface area contributed by atoms with E-state index < -0.39 is 6.04 Å². The molecule has 0 heterocycles. The molecule has 18 heavy (non-hydrogen) atoms. The number of carbonyl (C=O) groups is 1. The standard InChI is InChI=1S/C15H24N2O/c1-4-14(12-8-6-5-7-9-12)17-15(18)13(16)10-11(2)3/h5-9,11,13-14H,4,10,16H2,1-3H3,(H,17,18)/t13?,14-/m1/s1. The summed E-state index contributed by atoms with van der Waals surface area (Å²) in [5.74, 6) is 0.377. The minimum absolute atomic E-state index is 0.0527. The highest BCUT2D eigenvalue weighted by Crippen LogP contribution is 2.16. The maximum atomic E-state index is 12.0. The number of rotatable bonds is 6. The summed E-state index contributed by atoms with van der Waals surface area (Å²) in [6, 6.07) is 9.64. The van der Waals surface area contributed by atoms with Gasteiger partial charge in [0.1, 0.15) is 0 Å². The topological polar surface area (TPSA) is 55.1 Å². The maximum absolute atomic E-state index is 12.0. The van der Waals surface area contributed by atoms with Gasteiger partial charge in [0.05, 0.1) is 12.1 Å². The van der Waals surface area contributed by atoms with Crippen LogP contribution in [0.25, 0.3) is 0 Å². The first-order valence-electron chi connectivity index (χ1n) is 6.65. The van der Waals surface area contributed by atoms with Gasteiger partial charge in [-0.15, -0.1) is 0 Å². The molecule has 3 N–H and O–H groups in total. The molecular formula is C15H24N2O. The molecule has 2 atom stereocenters. The summed E-state index contributed by atoms with van der Waals surface area (Å²) in [5, 5.41) is 3.02. The number of benzene rings is 1. The first-order valence-corrected chi connectivity index (χ1v) is 6.65. The quantitative estimate of drug-likeness (QED) is 0.813. The first kappa shape index (κ1) is 14.7. The fraction of sp³-hybridized carbons (Fsp3) is 0.533. The normalized spacial score (nSPS) is 14.3. The van der Waals surface area contributed by atoms with E-state index in [0.717, 1.165) is 18.4 Å². The molecule has 0 aliphatic heterocycles. The van der Waals surface area contributed by atoms with Crippen LogP contribution in [0.2, 0.25) is 0 Å². The minimum atomic E-state index is -0.414. The predicted molar refractivity (Wildman–Crippen MR) is 75.0 cm³/mol. The largest absolute Gasteiger partial charge is 0.348 e. The van der Waals surface area contributed by atoms with Crippen LogP contribution >= 0.6 is 0 Å². The molecule has 1 aromatic carbocycles. The first-order chi connectivity index (χ1) is 8.54. The highest BCUT2D eigenvalue weighted by molar-refractivity contribution is 5.81. The van der Waals surface area contributed by atoms with Gasteiger partial charge in [-0.2, -0.15) is 0 Å². The van der Waals surface area contributed by atoms with E-state index in [1.807, 2.05) is 30.3 Å².